The van der Waals surface area contributed by atoms with E-state index >= 15 is 0 Å². The van der Waals surface area contributed by atoms with Gasteiger partial charge in [-0.1, -0.05) is 26.2 Å². The summed E-state index contributed by atoms with van der Waals surface area (Å²) in [6.07, 6.45) is 14.3. The van der Waals surface area contributed by atoms with Gasteiger partial charge in [-0.15, -0.1) is 5.10 Å². The summed E-state index contributed by atoms with van der Waals surface area (Å²) in [7, 11) is 0. The molecule has 0 spiro atoms. The number of nitrogens with zero attached hydrogens (tertiary/aromatic N) is 7. The molecule has 3 aliphatic rings. The van der Waals surface area contributed by atoms with Crippen molar-refractivity contribution in [3.8, 4) is 0 Å². The van der Waals surface area contributed by atoms with Crippen LogP contribution in [0.1, 0.15) is 68.7 Å². The molecule has 0 N–H and O–H groups in total. The molecule has 2 aromatic heterocycles. The third-order valence-corrected chi connectivity index (χ3v) is 7.32. The number of piperazine rings is 1. The van der Waals surface area contributed by atoms with Gasteiger partial charge in [0.25, 0.3) is 0 Å². The van der Waals surface area contributed by atoms with Gasteiger partial charge in [0.05, 0.1) is 23.6 Å². The largest absolute Gasteiger partial charge is 0.352 e. The van der Waals surface area contributed by atoms with Crippen molar-refractivity contribution in [2.45, 2.75) is 70.9 Å². The van der Waals surface area contributed by atoms with Gasteiger partial charge in [-0.3, -0.25) is 9.88 Å². The number of rotatable bonds is 4. The average molecular weight is 408 g/mol. The lowest BCUT2D eigenvalue weighted by atomic mass is 9.80. The predicted molar refractivity (Wildman–Crippen MR) is 116 cm³/mol. The van der Waals surface area contributed by atoms with Gasteiger partial charge < -0.3 is 4.90 Å². The van der Waals surface area contributed by atoms with Crippen molar-refractivity contribution >= 4 is 5.82 Å². The number of anilines is 1. The van der Waals surface area contributed by atoms with Crippen LogP contribution in [0.25, 0.3) is 0 Å². The van der Waals surface area contributed by atoms with Crippen molar-refractivity contribution in [3.05, 3.63) is 35.8 Å². The summed E-state index contributed by atoms with van der Waals surface area (Å²) >= 11 is 0. The van der Waals surface area contributed by atoms with Crippen molar-refractivity contribution < 1.29 is 0 Å². The maximum absolute atomic E-state index is 4.78. The first-order valence-electron chi connectivity index (χ1n) is 11.6. The van der Waals surface area contributed by atoms with Crippen molar-refractivity contribution in [1.29, 1.82) is 0 Å². The van der Waals surface area contributed by atoms with Crippen molar-refractivity contribution in [2.75, 3.05) is 24.5 Å². The van der Waals surface area contributed by atoms with Gasteiger partial charge in [-0.05, 0) is 44.4 Å². The van der Waals surface area contributed by atoms with Gasteiger partial charge in [0.2, 0.25) is 0 Å². The predicted octanol–water partition coefficient (Wildman–Crippen LogP) is 3.36. The molecule has 0 aromatic carbocycles. The quantitative estimate of drug-likeness (QED) is 0.769. The summed E-state index contributed by atoms with van der Waals surface area (Å²) in [4.78, 5) is 18.7. The molecule has 4 atom stereocenters. The molecule has 2 aliphatic heterocycles. The van der Waals surface area contributed by atoms with E-state index in [2.05, 4.69) is 36.9 Å². The SMILES string of the molecule is Cc1nccnc1N1CCN2C(CCC2c2ncc(CC3CCCC(C)C3)nn2)C1. The standard InChI is InChI=1S/C23H33N7/c1-16-4-3-5-18(12-16)13-19-14-26-22(28-27-19)21-7-6-20-15-29(10-11-30(20)21)23-17(2)24-8-9-25-23/h8-9,14,16,18,20-21H,3-7,10-13,15H2,1-2H3. The molecule has 7 nitrogen and oxygen atoms in total. The molecular formula is C23H33N7. The van der Waals surface area contributed by atoms with Crippen LogP contribution in [0.3, 0.4) is 0 Å². The lowest BCUT2D eigenvalue weighted by molar-refractivity contribution is 0.169. The summed E-state index contributed by atoms with van der Waals surface area (Å²) in [5.41, 5.74) is 2.08. The minimum absolute atomic E-state index is 0.302. The second-order valence-corrected chi connectivity index (χ2v) is 9.55. The van der Waals surface area contributed by atoms with Crippen LogP contribution in [0.4, 0.5) is 5.82 Å². The van der Waals surface area contributed by atoms with E-state index in [0.29, 0.717) is 12.1 Å². The first-order chi connectivity index (χ1) is 14.7. The fourth-order valence-corrected chi connectivity index (χ4v) is 5.83. The fourth-order valence-electron chi connectivity index (χ4n) is 5.83. The number of hydrogen-bond donors (Lipinski definition) is 0. The third-order valence-electron chi connectivity index (χ3n) is 7.32. The van der Waals surface area contributed by atoms with Gasteiger partial charge in [0, 0.05) is 38.1 Å². The molecule has 1 saturated carbocycles. The Balaban J connectivity index is 1.22. The zero-order valence-electron chi connectivity index (χ0n) is 18.2. The Hall–Kier alpha value is -2.15. The number of hydrogen-bond acceptors (Lipinski definition) is 7. The molecule has 7 heteroatoms. The van der Waals surface area contributed by atoms with Crippen LogP contribution in [0.2, 0.25) is 0 Å². The topological polar surface area (TPSA) is 70.9 Å². The Bertz CT molecular complexity index is 855. The van der Waals surface area contributed by atoms with Crippen LogP contribution in [-0.4, -0.2) is 55.7 Å². The minimum Gasteiger partial charge on any atom is -0.352 e. The van der Waals surface area contributed by atoms with Crippen LogP contribution in [0.5, 0.6) is 0 Å². The highest BCUT2D eigenvalue weighted by atomic mass is 15.3. The molecule has 0 radical (unpaired) electrons. The maximum atomic E-state index is 4.78. The summed E-state index contributed by atoms with van der Waals surface area (Å²) in [5, 5.41) is 9.18. The number of aryl methyl sites for hydroxylation is 1. The van der Waals surface area contributed by atoms with Crippen LogP contribution in [-0.2, 0) is 6.42 Å². The molecule has 4 unspecified atom stereocenters. The van der Waals surface area contributed by atoms with E-state index in [4.69, 9.17) is 4.98 Å². The second kappa shape index (κ2) is 8.53. The van der Waals surface area contributed by atoms with Gasteiger partial charge in [0.15, 0.2) is 5.82 Å². The molecule has 0 amide bonds. The average Bonchev–Trinajstić information content (AvgIpc) is 3.18. The van der Waals surface area contributed by atoms with Gasteiger partial charge in [-0.25, -0.2) is 9.97 Å². The van der Waals surface area contributed by atoms with Crippen LogP contribution < -0.4 is 4.90 Å². The Kier molecular flexibility index (Phi) is 5.63. The monoisotopic (exact) mass is 407 g/mol. The van der Waals surface area contributed by atoms with E-state index < -0.39 is 0 Å². The van der Waals surface area contributed by atoms with Crippen LogP contribution >= 0.6 is 0 Å². The maximum Gasteiger partial charge on any atom is 0.168 e. The van der Waals surface area contributed by atoms with Crippen molar-refractivity contribution in [3.63, 3.8) is 0 Å². The normalized spacial score (nSPS) is 29.7. The molecule has 0 bridgehead atoms. The van der Waals surface area contributed by atoms with Gasteiger partial charge in [0.1, 0.15) is 5.82 Å². The van der Waals surface area contributed by atoms with E-state index in [0.717, 1.165) is 67.3 Å². The highest BCUT2D eigenvalue weighted by Gasteiger charge is 2.40. The zero-order chi connectivity index (χ0) is 20.5. The lowest BCUT2D eigenvalue weighted by Crippen LogP contribution is -2.51. The van der Waals surface area contributed by atoms with Gasteiger partial charge >= 0.3 is 0 Å². The highest BCUT2D eigenvalue weighted by molar-refractivity contribution is 5.43. The molecule has 1 aliphatic carbocycles. The first kappa shape index (κ1) is 19.8. The highest BCUT2D eigenvalue weighted by Crippen LogP contribution is 2.37. The van der Waals surface area contributed by atoms with Gasteiger partial charge in [-0.2, -0.15) is 5.10 Å². The smallest absolute Gasteiger partial charge is 0.168 e. The summed E-state index contributed by atoms with van der Waals surface area (Å²) in [6.45, 7) is 7.40. The Morgan fingerprint density at radius 1 is 1.00 bits per heavy atom. The minimum atomic E-state index is 0.302. The third kappa shape index (κ3) is 4.04. The number of aromatic nitrogens is 5. The Morgan fingerprint density at radius 3 is 2.70 bits per heavy atom. The summed E-state index contributed by atoms with van der Waals surface area (Å²) in [5.74, 6) is 3.54. The van der Waals surface area contributed by atoms with Crippen molar-refractivity contribution in [2.24, 2.45) is 11.8 Å². The van der Waals surface area contributed by atoms with E-state index in [9.17, 15) is 0 Å². The Morgan fingerprint density at radius 2 is 1.90 bits per heavy atom. The molecule has 5 rings (SSSR count). The first-order valence-corrected chi connectivity index (χ1v) is 11.6. The van der Waals surface area contributed by atoms with E-state index in [1.165, 1.54) is 32.1 Å². The molecular weight excluding hydrogens is 374 g/mol. The fraction of sp³-hybridized carbons (Fsp3) is 0.696. The molecule has 160 valence electrons. The van der Waals surface area contributed by atoms with E-state index in [-0.39, 0.29) is 0 Å². The van der Waals surface area contributed by atoms with E-state index in [1.807, 2.05) is 13.1 Å². The van der Waals surface area contributed by atoms with E-state index in [1.54, 1.807) is 12.4 Å². The number of fused-ring (bicyclic) bond motifs is 1. The summed E-state index contributed by atoms with van der Waals surface area (Å²) in [6, 6.07) is 0.827. The summed E-state index contributed by atoms with van der Waals surface area (Å²) < 4.78 is 0. The molecule has 2 aromatic rings. The second-order valence-electron chi connectivity index (χ2n) is 9.55. The molecule has 2 saturated heterocycles. The van der Waals surface area contributed by atoms with Crippen molar-refractivity contribution in [1.82, 2.24) is 30.0 Å². The van der Waals surface area contributed by atoms with Crippen LogP contribution in [0.15, 0.2) is 18.6 Å². The van der Waals surface area contributed by atoms with Crippen LogP contribution in [0, 0.1) is 18.8 Å². The Labute approximate surface area is 179 Å². The lowest BCUT2D eigenvalue weighted by Gasteiger charge is -2.40. The zero-order valence-corrected chi connectivity index (χ0v) is 18.2. The molecule has 30 heavy (non-hydrogen) atoms. The molecule has 3 fully saturated rings. The molecule has 4 heterocycles.